The first-order valence-corrected chi connectivity index (χ1v) is 13.5. The molecule has 0 amide bonds. The lowest BCUT2D eigenvalue weighted by Crippen LogP contribution is -2.19. The van der Waals surface area contributed by atoms with E-state index in [1.807, 2.05) is 19.0 Å². The molecule has 0 atom stereocenters. The van der Waals surface area contributed by atoms with E-state index >= 15 is 0 Å². The molecule has 4 rings (SSSR count). The zero-order chi connectivity index (χ0) is 26.6. The Balaban J connectivity index is 1.62. The number of benzene rings is 2. The van der Waals surface area contributed by atoms with E-state index in [-0.39, 0.29) is 28.8 Å². The molecule has 2 aromatic carbocycles. The van der Waals surface area contributed by atoms with Gasteiger partial charge in [-0.1, -0.05) is 35.3 Å². The van der Waals surface area contributed by atoms with Crippen molar-refractivity contribution in [1.29, 1.82) is 0 Å². The number of rotatable bonds is 10. The maximum absolute atomic E-state index is 13.2. The monoisotopic (exact) mass is 561 g/mol. The maximum Gasteiger partial charge on any atom is 0.263 e. The van der Waals surface area contributed by atoms with Crippen LogP contribution in [0, 0.1) is 6.92 Å². The third kappa shape index (κ3) is 6.58. The summed E-state index contributed by atoms with van der Waals surface area (Å²) in [4.78, 5) is 15.0. The average molecular weight is 562 g/mol. The smallest absolute Gasteiger partial charge is 0.263 e. The van der Waals surface area contributed by atoms with Gasteiger partial charge in [0.15, 0.2) is 5.65 Å². The van der Waals surface area contributed by atoms with Crippen LogP contribution in [-0.2, 0) is 16.6 Å². The number of halogens is 2. The summed E-state index contributed by atoms with van der Waals surface area (Å²) in [5.41, 5.74) is 1.87. The molecule has 0 aliphatic carbocycles. The second-order valence-corrected chi connectivity index (χ2v) is 10.9. The van der Waals surface area contributed by atoms with Gasteiger partial charge in [0, 0.05) is 17.8 Å². The lowest BCUT2D eigenvalue weighted by atomic mass is 10.2. The van der Waals surface area contributed by atoms with Gasteiger partial charge in [-0.2, -0.15) is 0 Å². The molecule has 2 heterocycles. The number of sulfonamides is 1. The summed E-state index contributed by atoms with van der Waals surface area (Å²) in [6.45, 7) is 2.88. The van der Waals surface area contributed by atoms with Crippen molar-refractivity contribution in [2.45, 2.75) is 18.4 Å². The molecule has 1 N–H and O–H groups in total. The molecule has 0 aliphatic rings. The highest BCUT2D eigenvalue weighted by Crippen LogP contribution is 2.30. The van der Waals surface area contributed by atoms with Gasteiger partial charge in [0.2, 0.25) is 5.82 Å². The van der Waals surface area contributed by atoms with Crippen LogP contribution in [0.1, 0.15) is 11.1 Å². The Kier molecular flexibility index (Phi) is 8.33. The molecular weight excluding hydrogens is 537 g/mol. The normalized spacial score (nSPS) is 11.6. The van der Waals surface area contributed by atoms with Crippen LogP contribution in [0.15, 0.2) is 59.6 Å². The number of ether oxygens (including phenoxy) is 2. The van der Waals surface area contributed by atoms with Gasteiger partial charge in [-0.3, -0.25) is 4.72 Å². The van der Waals surface area contributed by atoms with Crippen LogP contribution in [0.3, 0.4) is 0 Å². The van der Waals surface area contributed by atoms with E-state index in [2.05, 4.69) is 19.7 Å². The van der Waals surface area contributed by atoms with Crippen LogP contribution in [0.5, 0.6) is 11.6 Å². The van der Waals surface area contributed by atoms with Crippen molar-refractivity contribution in [1.82, 2.24) is 19.9 Å². The highest BCUT2D eigenvalue weighted by molar-refractivity contribution is 7.92. The van der Waals surface area contributed by atoms with Gasteiger partial charge in [0.05, 0.1) is 9.92 Å². The van der Waals surface area contributed by atoms with Crippen molar-refractivity contribution in [2.75, 3.05) is 32.0 Å². The lowest BCUT2D eigenvalue weighted by molar-refractivity contribution is 0.259. The number of anilines is 1. The maximum atomic E-state index is 13.2. The average Bonchev–Trinajstić information content (AvgIpc) is 2.85. The number of nitrogens with one attached hydrogen (secondary N) is 1. The molecule has 0 unspecified atom stereocenters. The molecular formula is C25H25Cl2N5O4S. The second kappa shape index (κ2) is 11.5. The highest BCUT2D eigenvalue weighted by atomic mass is 35.5. The van der Waals surface area contributed by atoms with E-state index in [9.17, 15) is 8.42 Å². The predicted molar refractivity (Wildman–Crippen MR) is 144 cm³/mol. The number of pyridine rings is 1. The highest BCUT2D eigenvalue weighted by Gasteiger charge is 2.22. The molecule has 4 aromatic rings. The SMILES string of the molecule is Cc1c(Cl)cccc1S(=O)(=O)Nc1nc2ncccc2nc1OCc1ccc(Cl)c(OCCN(C)C)c1. The van der Waals surface area contributed by atoms with E-state index in [0.29, 0.717) is 33.5 Å². The van der Waals surface area contributed by atoms with Gasteiger partial charge in [-0.25, -0.2) is 23.4 Å². The third-order valence-corrected chi connectivity index (χ3v) is 7.52. The number of aromatic nitrogens is 3. The summed E-state index contributed by atoms with van der Waals surface area (Å²) in [6.07, 6.45) is 1.54. The van der Waals surface area contributed by atoms with Crippen molar-refractivity contribution in [3.05, 3.63) is 75.9 Å². The first-order valence-electron chi connectivity index (χ1n) is 11.2. The molecule has 12 heteroatoms. The second-order valence-electron chi connectivity index (χ2n) is 8.40. The molecule has 0 spiro atoms. The summed E-state index contributed by atoms with van der Waals surface area (Å²) >= 11 is 12.4. The Morgan fingerprint density at radius 3 is 2.59 bits per heavy atom. The molecule has 0 saturated carbocycles. The van der Waals surface area contributed by atoms with Crippen LogP contribution >= 0.6 is 23.2 Å². The van der Waals surface area contributed by atoms with Crippen molar-refractivity contribution < 1.29 is 17.9 Å². The van der Waals surface area contributed by atoms with Crippen molar-refractivity contribution in [2.24, 2.45) is 0 Å². The van der Waals surface area contributed by atoms with Crippen molar-refractivity contribution in [3.63, 3.8) is 0 Å². The van der Waals surface area contributed by atoms with E-state index in [0.717, 1.165) is 12.1 Å². The standard InChI is InChI=1S/C25H25Cl2N5O4S/c1-16-18(26)6-4-8-22(16)37(33,34)31-24-25(29-20-7-5-11-28-23(20)30-24)36-15-17-9-10-19(27)21(14-17)35-13-12-32(2)3/h4-11,14H,12-13,15H2,1-3H3,(H,28,30,31). The van der Waals surface area contributed by atoms with E-state index in [1.54, 1.807) is 55.6 Å². The molecule has 37 heavy (non-hydrogen) atoms. The number of nitrogens with zero attached hydrogens (tertiary/aromatic N) is 4. The minimum atomic E-state index is -4.06. The molecule has 0 fully saturated rings. The van der Waals surface area contributed by atoms with Gasteiger partial charge in [-0.05, 0) is 68.5 Å². The fourth-order valence-corrected chi connectivity index (χ4v) is 5.02. The first kappa shape index (κ1) is 26.9. The lowest BCUT2D eigenvalue weighted by Gasteiger charge is -2.15. The number of hydrogen-bond acceptors (Lipinski definition) is 8. The summed E-state index contributed by atoms with van der Waals surface area (Å²) in [5.74, 6) is 0.423. The zero-order valence-electron chi connectivity index (χ0n) is 20.4. The molecule has 9 nitrogen and oxygen atoms in total. The topological polar surface area (TPSA) is 107 Å². The van der Waals surface area contributed by atoms with E-state index in [4.69, 9.17) is 32.7 Å². The Bertz CT molecular complexity index is 1530. The third-order valence-electron chi connectivity index (χ3n) is 5.31. The largest absolute Gasteiger partial charge is 0.491 e. The van der Waals surface area contributed by atoms with Crippen molar-refractivity contribution in [3.8, 4) is 11.6 Å². The number of likely N-dealkylation sites (N-methyl/N-ethyl adjacent to an activating group) is 1. The Hall–Kier alpha value is -3.18. The van der Waals surface area contributed by atoms with Crippen LogP contribution in [0.25, 0.3) is 11.2 Å². The van der Waals surface area contributed by atoms with E-state index in [1.165, 1.54) is 6.07 Å². The van der Waals surface area contributed by atoms with Crippen molar-refractivity contribution >= 4 is 50.2 Å². The number of hydrogen-bond donors (Lipinski definition) is 1. The predicted octanol–water partition coefficient (Wildman–Crippen LogP) is 4.96. The van der Waals surface area contributed by atoms with E-state index < -0.39 is 10.0 Å². The quantitative estimate of drug-likeness (QED) is 0.289. The number of fused-ring (bicyclic) bond motifs is 1. The van der Waals surface area contributed by atoms with Crippen LogP contribution in [0.4, 0.5) is 5.82 Å². The summed E-state index contributed by atoms with van der Waals surface area (Å²) in [5, 5.41) is 0.807. The molecule has 194 valence electrons. The Labute approximate surface area is 225 Å². The molecule has 0 radical (unpaired) electrons. The minimum absolute atomic E-state index is 0.00576. The van der Waals surface area contributed by atoms with Gasteiger partial charge in [0.1, 0.15) is 24.5 Å². The Morgan fingerprint density at radius 2 is 1.81 bits per heavy atom. The molecule has 0 saturated heterocycles. The minimum Gasteiger partial charge on any atom is -0.491 e. The molecule has 2 aromatic heterocycles. The van der Waals surface area contributed by atoms with Gasteiger partial charge in [-0.15, -0.1) is 0 Å². The fraction of sp³-hybridized carbons (Fsp3) is 0.240. The Morgan fingerprint density at radius 1 is 1.00 bits per heavy atom. The summed E-state index contributed by atoms with van der Waals surface area (Å²) < 4.78 is 40.7. The van der Waals surface area contributed by atoms with Crippen LogP contribution in [0.2, 0.25) is 10.0 Å². The summed E-state index contributed by atoms with van der Waals surface area (Å²) in [7, 11) is -0.150. The van der Waals surface area contributed by atoms with Gasteiger partial charge < -0.3 is 14.4 Å². The fourth-order valence-electron chi connectivity index (χ4n) is 3.34. The van der Waals surface area contributed by atoms with Gasteiger partial charge in [0.25, 0.3) is 15.9 Å². The van der Waals surface area contributed by atoms with Gasteiger partial charge >= 0.3 is 0 Å². The summed E-state index contributed by atoms with van der Waals surface area (Å²) in [6, 6.07) is 13.3. The first-order chi connectivity index (χ1) is 17.6. The molecule has 0 aliphatic heterocycles. The zero-order valence-corrected chi connectivity index (χ0v) is 22.7. The molecule has 0 bridgehead atoms. The van der Waals surface area contributed by atoms with Crippen LogP contribution in [-0.4, -0.2) is 55.5 Å². The van der Waals surface area contributed by atoms with Crippen LogP contribution < -0.4 is 14.2 Å².